The molecular weight excluding hydrogens is 330 g/mol. The van der Waals surface area contributed by atoms with E-state index < -0.39 is 11.2 Å². The van der Waals surface area contributed by atoms with Crippen LogP contribution in [0.1, 0.15) is 56.6 Å². The minimum Gasteiger partial charge on any atom is -0.467 e. The molecule has 1 heterocycles. The minimum absolute atomic E-state index is 0.135. The van der Waals surface area contributed by atoms with Crippen molar-refractivity contribution in [2.75, 3.05) is 6.61 Å². The maximum Gasteiger partial charge on any atom is 0.348 e. The van der Waals surface area contributed by atoms with Crippen molar-refractivity contribution in [3.05, 3.63) is 58.1 Å². The lowest BCUT2D eigenvalue weighted by molar-refractivity contribution is -0.125. The number of nitrogens with one attached hydrogen (secondary N) is 2. The van der Waals surface area contributed by atoms with Crippen LogP contribution in [0.4, 0.5) is 0 Å². The molecule has 0 radical (unpaired) electrons. The van der Waals surface area contributed by atoms with Crippen molar-refractivity contribution in [3.63, 3.8) is 0 Å². The van der Waals surface area contributed by atoms with Crippen molar-refractivity contribution in [2.45, 2.75) is 51.0 Å². The number of H-pyrrole nitrogens is 1. The molecule has 1 saturated carbocycles. The highest BCUT2D eigenvalue weighted by Gasteiger charge is 2.31. The first kappa shape index (κ1) is 18.2. The summed E-state index contributed by atoms with van der Waals surface area (Å²) in [6, 6.07) is 10.1. The molecule has 0 spiro atoms. The zero-order valence-electron chi connectivity index (χ0n) is 15.2. The molecule has 6 nitrogen and oxygen atoms in total. The summed E-state index contributed by atoms with van der Waals surface area (Å²) in [7, 11) is 0. The number of ether oxygens (including phenoxy) is 1. The fraction of sp³-hybridized carbons (Fsp3) is 0.450. The number of aromatic nitrogens is 2. The molecule has 3 rings (SSSR count). The second-order valence-electron chi connectivity index (χ2n) is 6.76. The van der Waals surface area contributed by atoms with Gasteiger partial charge in [-0.25, -0.2) is 4.79 Å². The molecule has 1 aromatic carbocycles. The number of aromatic amines is 1. The van der Waals surface area contributed by atoms with E-state index in [4.69, 9.17) is 4.74 Å². The molecule has 0 aliphatic heterocycles. The molecule has 1 aliphatic carbocycles. The Bertz CT molecular complexity index is 806. The summed E-state index contributed by atoms with van der Waals surface area (Å²) in [5.74, 6) is 0.615. The zero-order chi connectivity index (χ0) is 18.6. The van der Waals surface area contributed by atoms with E-state index in [1.54, 1.807) is 0 Å². The van der Waals surface area contributed by atoms with Crippen LogP contribution in [-0.2, 0) is 10.3 Å². The lowest BCUT2D eigenvalue weighted by atomic mass is 9.84. The van der Waals surface area contributed by atoms with Crippen molar-refractivity contribution in [3.8, 4) is 5.88 Å². The summed E-state index contributed by atoms with van der Waals surface area (Å²) in [5.41, 5.74) is 1.55. The molecule has 2 N–H and O–H groups in total. The largest absolute Gasteiger partial charge is 0.467 e. The van der Waals surface area contributed by atoms with Gasteiger partial charge >= 0.3 is 5.69 Å². The third-order valence-electron chi connectivity index (χ3n) is 5.09. The number of hydrogen-bond donors (Lipinski definition) is 2. The molecule has 0 saturated heterocycles. The molecule has 0 atom stereocenters. The van der Waals surface area contributed by atoms with E-state index in [-0.39, 0.29) is 18.4 Å². The van der Waals surface area contributed by atoms with Crippen LogP contribution in [0.15, 0.2) is 41.3 Å². The highest BCUT2D eigenvalue weighted by Crippen LogP contribution is 2.40. The van der Waals surface area contributed by atoms with Crippen LogP contribution < -0.4 is 15.7 Å². The molecule has 138 valence electrons. The number of rotatable bonds is 8. The topological polar surface area (TPSA) is 84.1 Å². The van der Waals surface area contributed by atoms with Crippen LogP contribution in [0.3, 0.4) is 0 Å². The highest BCUT2D eigenvalue weighted by atomic mass is 16.5. The molecule has 1 aromatic heterocycles. The molecule has 1 amide bonds. The van der Waals surface area contributed by atoms with E-state index in [1.165, 1.54) is 30.7 Å². The summed E-state index contributed by atoms with van der Waals surface area (Å²) < 4.78 is 5.34. The first-order chi connectivity index (χ1) is 12.6. The smallest absolute Gasteiger partial charge is 0.348 e. The molecule has 26 heavy (non-hydrogen) atoms. The standard InChI is InChI=1S/C20H25N3O3/c1-3-20(4-2,16-9-7-15(8-10-16)14-5-6-14)23-17(24)13-26-18-11-12-21-19(25)22-18/h7-12,14H,3-6,13H2,1-2H3,(H,23,24)(H,21,22,25). The van der Waals surface area contributed by atoms with Crippen molar-refractivity contribution in [1.29, 1.82) is 0 Å². The van der Waals surface area contributed by atoms with E-state index in [0.717, 1.165) is 18.4 Å². The Morgan fingerprint density at radius 2 is 1.92 bits per heavy atom. The fourth-order valence-corrected chi connectivity index (χ4v) is 3.27. The molecule has 0 unspecified atom stereocenters. The van der Waals surface area contributed by atoms with Crippen molar-refractivity contribution < 1.29 is 9.53 Å². The summed E-state index contributed by atoms with van der Waals surface area (Å²) in [6.45, 7) is 3.95. The third-order valence-corrected chi connectivity index (χ3v) is 5.09. The van der Waals surface area contributed by atoms with Crippen LogP contribution in [0.5, 0.6) is 5.88 Å². The van der Waals surface area contributed by atoms with Gasteiger partial charge in [0.05, 0.1) is 5.54 Å². The Kier molecular flexibility index (Phi) is 5.40. The van der Waals surface area contributed by atoms with Crippen LogP contribution in [0.2, 0.25) is 0 Å². The first-order valence-electron chi connectivity index (χ1n) is 9.16. The Morgan fingerprint density at radius 1 is 1.23 bits per heavy atom. The molecular formula is C20H25N3O3. The summed E-state index contributed by atoms with van der Waals surface area (Å²) in [4.78, 5) is 29.7. The molecule has 1 aliphatic rings. The average molecular weight is 355 g/mol. The maximum atomic E-state index is 12.4. The average Bonchev–Trinajstić information content (AvgIpc) is 3.50. The number of carbonyl (C=O) groups excluding carboxylic acids is 1. The Morgan fingerprint density at radius 3 is 2.50 bits per heavy atom. The predicted molar refractivity (Wildman–Crippen MR) is 99.2 cm³/mol. The lowest BCUT2D eigenvalue weighted by Crippen LogP contribution is -2.47. The van der Waals surface area contributed by atoms with Gasteiger partial charge in [-0.05, 0) is 42.7 Å². The highest BCUT2D eigenvalue weighted by molar-refractivity contribution is 5.78. The van der Waals surface area contributed by atoms with Gasteiger partial charge in [-0.1, -0.05) is 38.1 Å². The van der Waals surface area contributed by atoms with E-state index >= 15 is 0 Å². The summed E-state index contributed by atoms with van der Waals surface area (Å²) in [6.07, 6.45) is 5.54. The van der Waals surface area contributed by atoms with Gasteiger partial charge in [0.2, 0.25) is 5.88 Å². The second kappa shape index (κ2) is 7.72. The number of hydrogen-bond acceptors (Lipinski definition) is 4. The fourth-order valence-electron chi connectivity index (χ4n) is 3.27. The Labute approximate surface area is 153 Å². The van der Waals surface area contributed by atoms with Crippen LogP contribution in [-0.4, -0.2) is 22.5 Å². The van der Waals surface area contributed by atoms with Crippen molar-refractivity contribution in [1.82, 2.24) is 15.3 Å². The third kappa shape index (κ3) is 4.12. The van der Waals surface area contributed by atoms with Gasteiger partial charge in [-0.15, -0.1) is 0 Å². The lowest BCUT2D eigenvalue weighted by Gasteiger charge is -2.33. The van der Waals surface area contributed by atoms with Crippen LogP contribution in [0.25, 0.3) is 0 Å². The van der Waals surface area contributed by atoms with Gasteiger partial charge in [0, 0.05) is 12.3 Å². The summed E-state index contributed by atoms with van der Waals surface area (Å²) in [5, 5.41) is 3.12. The minimum atomic E-state index is -0.505. The molecule has 6 heteroatoms. The summed E-state index contributed by atoms with van der Waals surface area (Å²) >= 11 is 0. The SMILES string of the molecule is CCC(CC)(NC(=O)COc1cc[nH]c(=O)n1)c1ccc(C2CC2)cc1. The Balaban J connectivity index is 1.68. The van der Waals surface area contributed by atoms with Gasteiger partial charge in [0.1, 0.15) is 0 Å². The zero-order valence-corrected chi connectivity index (χ0v) is 15.2. The van der Waals surface area contributed by atoms with Gasteiger partial charge in [0.25, 0.3) is 5.91 Å². The van der Waals surface area contributed by atoms with Gasteiger partial charge < -0.3 is 15.0 Å². The number of benzene rings is 1. The molecule has 0 bridgehead atoms. The van der Waals surface area contributed by atoms with Gasteiger partial charge in [-0.3, -0.25) is 4.79 Å². The van der Waals surface area contributed by atoms with E-state index in [0.29, 0.717) is 5.92 Å². The van der Waals surface area contributed by atoms with Gasteiger partial charge in [0.15, 0.2) is 6.61 Å². The van der Waals surface area contributed by atoms with Crippen LogP contribution in [0, 0.1) is 0 Å². The van der Waals surface area contributed by atoms with Crippen LogP contribution >= 0.6 is 0 Å². The number of carbonyl (C=O) groups is 1. The maximum absolute atomic E-state index is 12.4. The quantitative estimate of drug-likeness (QED) is 0.763. The van der Waals surface area contributed by atoms with Gasteiger partial charge in [-0.2, -0.15) is 4.98 Å². The van der Waals surface area contributed by atoms with E-state index in [2.05, 4.69) is 53.4 Å². The number of nitrogens with zero attached hydrogens (tertiary/aromatic N) is 1. The normalized spacial score (nSPS) is 14.1. The second-order valence-corrected chi connectivity index (χ2v) is 6.76. The first-order valence-corrected chi connectivity index (χ1v) is 9.16. The monoisotopic (exact) mass is 355 g/mol. The Hall–Kier alpha value is -2.63. The number of amides is 1. The van der Waals surface area contributed by atoms with Crippen molar-refractivity contribution in [2.24, 2.45) is 0 Å². The predicted octanol–water partition coefficient (Wildman–Crippen LogP) is 2.86. The molecule has 1 fully saturated rings. The molecule has 2 aromatic rings. The van der Waals surface area contributed by atoms with E-state index in [9.17, 15) is 9.59 Å². The van der Waals surface area contributed by atoms with Crippen molar-refractivity contribution >= 4 is 5.91 Å². The van der Waals surface area contributed by atoms with E-state index in [1.807, 2.05) is 0 Å².